The normalized spacial score (nSPS) is 10.3. The van der Waals surface area contributed by atoms with E-state index in [1.165, 1.54) is 0 Å². The van der Waals surface area contributed by atoms with Gasteiger partial charge in [-0.15, -0.1) is 0 Å². The molecule has 2 aromatic rings. The Morgan fingerprint density at radius 2 is 1.08 bits per heavy atom. The SMILES string of the molecule is Cc1ccccc1OC(=O)CCCCCC(=O)Oc1ccccc1C. The third-order valence-corrected chi connectivity index (χ3v) is 3.90. The Labute approximate surface area is 148 Å². The number of ether oxygens (including phenoxy) is 2. The Hall–Kier alpha value is -2.62. The molecule has 0 aromatic heterocycles. The van der Waals surface area contributed by atoms with Crippen molar-refractivity contribution in [2.45, 2.75) is 46.0 Å². The summed E-state index contributed by atoms with van der Waals surface area (Å²) in [6.07, 6.45) is 2.87. The first-order valence-electron chi connectivity index (χ1n) is 8.59. The van der Waals surface area contributed by atoms with Crippen LogP contribution in [0.5, 0.6) is 11.5 Å². The molecule has 0 saturated carbocycles. The molecule has 2 aromatic carbocycles. The first kappa shape index (κ1) is 18.7. The van der Waals surface area contributed by atoms with Crippen molar-refractivity contribution in [2.75, 3.05) is 0 Å². The number of unbranched alkanes of at least 4 members (excludes halogenated alkanes) is 2. The van der Waals surface area contributed by atoms with Crippen LogP contribution in [-0.4, -0.2) is 11.9 Å². The Bertz CT molecular complexity index is 660. The standard InChI is InChI=1S/C21H24O4/c1-16-10-6-8-12-18(16)24-20(22)14-4-3-5-15-21(23)25-19-13-9-7-11-17(19)2/h6-13H,3-5,14-15H2,1-2H3. The number of carbonyl (C=O) groups is 2. The zero-order valence-corrected chi connectivity index (χ0v) is 14.8. The van der Waals surface area contributed by atoms with Crippen LogP contribution in [0, 0.1) is 13.8 Å². The van der Waals surface area contributed by atoms with Crippen LogP contribution in [0.2, 0.25) is 0 Å². The topological polar surface area (TPSA) is 52.6 Å². The highest BCUT2D eigenvalue weighted by Crippen LogP contribution is 2.18. The van der Waals surface area contributed by atoms with Gasteiger partial charge in [-0.3, -0.25) is 9.59 Å². The summed E-state index contributed by atoms with van der Waals surface area (Å²) in [5, 5.41) is 0. The molecule has 0 aliphatic rings. The molecule has 0 unspecified atom stereocenters. The molecule has 4 heteroatoms. The summed E-state index contributed by atoms with van der Waals surface area (Å²) in [5.74, 6) is 0.734. The van der Waals surface area contributed by atoms with Crippen LogP contribution in [0.25, 0.3) is 0 Å². The van der Waals surface area contributed by atoms with Gasteiger partial charge in [-0.1, -0.05) is 42.8 Å². The van der Waals surface area contributed by atoms with Gasteiger partial charge in [0.2, 0.25) is 0 Å². The van der Waals surface area contributed by atoms with E-state index in [2.05, 4.69) is 0 Å². The van der Waals surface area contributed by atoms with E-state index >= 15 is 0 Å². The van der Waals surface area contributed by atoms with Crippen molar-refractivity contribution in [1.29, 1.82) is 0 Å². The quantitative estimate of drug-likeness (QED) is 0.395. The Morgan fingerprint density at radius 1 is 0.680 bits per heavy atom. The molecule has 0 saturated heterocycles. The third-order valence-electron chi connectivity index (χ3n) is 3.90. The van der Waals surface area contributed by atoms with Crippen molar-refractivity contribution < 1.29 is 19.1 Å². The van der Waals surface area contributed by atoms with Gasteiger partial charge in [0.1, 0.15) is 11.5 Å². The van der Waals surface area contributed by atoms with Gasteiger partial charge in [0.25, 0.3) is 0 Å². The van der Waals surface area contributed by atoms with Crippen molar-refractivity contribution in [3.63, 3.8) is 0 Å². The second-order valence-corrected chi connectivity index (χ2v) is 6.04. The molecular weight excluding hydrogens is 316 g/mol. The van der Waals surface area contributed by atoms with Gasteiger partial charge in [-0.2, -0.15) is 0 Å². The van der Waals surface area contributed by atoms with E-state index < -0.39 is 0 Å². The minimum Gasteiger partial charge on any atom is -0.426 e. The molecule has 0 amide bonds. The lowest BCUT2D eigenvalue weighted by Crippen LogP contribution is -2.09. The average Bonchev–Trinajstić information content (AvgIpc) is 2.59. The van der Waals surface area contributed by atoms with Crippen LogP contribution in [0.4, 0.5) is 0 Å². The van der Waals surface area contributed by atoms with Crippen LogP contribution in [-0.2, 0) is 9.59 Å². The van der Waals surface area contributed by atoms with Crippen molar-refractivity contribution in [3.8, 4) is 11.5 Å². The first-order chi connectivity index (χ1) is 12.1. The van der Waals surface area contributed by atoms with E-state index in [1.54, 1.807) is 12.1 Å². The summed E-state index contributed by atoms with van der Waals surface area (Å²) in [6.45, 7) is 3.81. The van der Waals surface area contributed by atoms with Gasteiger partial charge in [0.15, 0.2) is 0 Å². The number of hydrogen-bond donors (Lipinski definition) is 0. The Morgan fingerprint density at radius 3 is 1.48 bits per heavy atom. The molecule has 0 fully saturated rings. The highest BCUT2D eigenvalue weighted by Gasteiger charge is 2.09. The fraction of sp³-hybridized carbons (Fsp3) is 0.333. The molecule has 0 heterocycles. The summed E-state index contributed by atoms with van der Waals surface area (Å²) in [7, 11) is 0. The highest BCUT2D eigenvalue weighted by molar-refractivity contribution is 5.73. The minimum absolute atomic E-state index is 0.239. The number of para-hydroxylation sites is 2. The Kier molecular flexibility index (Phi) is 7.20. The fourth-order valence-corrected chi connectivity index (χ4v) is 2.40. The second-order valence-electron chi connectivity index (χ2n) is 6.04. The van der Waals surface area contributed by atoms with E-state index in [0.717, 1.165) is 17.5 Å². The van der Waals surface area contributed by atoms with E-state index in [9.17, 15) is 9.59 Å². The second kappa shape index (κ2) is 9.62. The van der Waals surface area contributed by atoms with E-state index in [4.69, 9.17) is 9.47 Å². The van der Waals surface area contributed by atoms with Crippen LogP contribution >= 0.6 is 0 Å². The highest BCUT2D eigenvalue weighted by atomic mass is 16.5. The van der Waals surface area contributed by atoms with Crippen molar-refractivity contribution in [3.05, 3.63) is 59.7 Å². The van der Waals surface area contributed by atoms with Crippen LogP contribution in [0.3, 0.4) is 0 Å². The summed E-state index contributed by atoms with van der Waals surface area (Å²) < 4.78 is 10.7. The smallest absolute Gasteiger partial charge is 0.311 e. The summed E-state index contributed by atoms with van der Waals surface area (Å²) in [5.41, 5.74) is 1.88. The summed E-state index contributed by atoms with van der Waals surface area (Å²) >= 11 is 0. The third kappa shape index (κ3) is 6.42. The zero-order chi connectivity index (χ0) is 18.1. The predicted molar refractivity (Wildman–Crippen MR) is 96.7 cm³/mol. The van der Waals surface area contributed by atoms with Crippen LogP contribution < -0.4 is 9.47 Å². The molecule has 0 atom stereocenters. The number of carbonyl (C=O) groups excluding carboxylic acids is 2. The van der Waals surface area contributed by atoms with Crippen molar-refractivity contribution >= 4 is 11.9 Å². The van der Waals surface area contributed by atoms with E-state index in [-0.39, 0.29) is 11.9 Å². The van der Waals surface area contributed by atoms with Gasteiger partial charge in [-0.05, 0) is 49.9 Å². The number of aryl methyl sites for hydroxylation is 2. The maximum absolute atomic E-state index is 11.8. The molecule has 4 nitrogen and oxygen atoms in total. The molecule has 0 radical (unpaired) electrons. The molecule has 132 valence electrons. The summed E-state index contributed by atoms with van der Waals surface area (Å²) in [6, 6.07) is 14.9. The van der Waals surface area contributed by atoms with Gasteiger partial charge in [0.05, 0.1) is 0 Å². The maximum atomic E-state index is 11.8. The molecule has 0 aliphatic carbocycles. The average molecular weight is 340 g/mol. The van der Waals surface area contributed by atoms with Gasteiger partial charge >= 0.3 is 11.9 Å². The monoisotopic (exact) mass is 340 g/mol. The predicted octanol–water partition coefficient (Wildman–Crippen LogP) is 4.76. The van der Waals surface area contributed by atoms with Crippen LogP contribution in [0.15, 0.2) is 48.5 Å². The number of hydrogen-bond acceptors (Lipinski definition) is 4. The molecule has 2 rings (SSSR count). The maximum Gasteiger partial charge on any atom is 0.311 e. The van der Waals surface area contributed by atoms with E-state index in [0.29, 0.717) is 37.2 Å². The van der Waals surface area contributed by atoms with E-state index in [1.807, 2.05) is 50.2 Å². The molecule has 25 heavy (non-hydrogen) atoms. The number of esters is 2. The number of rotatable bonds is 8. The summed E-state index contributed by atoms with van der Waals surface area (Å²) in [4.78, 5) is 23.7. The molecule has 0 spiro atoms. The van der Waals surface area contributed by atoms with Crippen LogP contribution in [0.1, 0.15) is 43.2 Å². The molecule has 0 aliphatic heterocycles. The lowest BCUT2D eigenvalue weighted by Gasteiger charge is -2.07. The van der Waals surface area contributed by atoms with Gasteiger partial charge in [-0.25, -0.2) is 0 Å². The number of benzene rings is 2. The van der Waals surface area contributed by atoms with Gasteiger partial charge < -0.3 is 9.47 Å². The van der Waals surface area contributed by atoms with Crippen molar-refractivity contribution in [1.82, 2.24) is 0 Å². The van der Waals surface area contributed by atoms with Crippen molar-refractivity contribution in [2.24, 2.45) is 0 Å². The molecule has 0 N–H and O–H groups in total. The lowest BCUT2D eigenvalue weighted by atomic mass is 10.1. The largest absolute Gasteiger partial charge is 0.426 e. The zero-order valence-electron chi connectivity index (χ0n) is 14.8. The first-order valence-corrected chi connectivity index (χ1v) is 8.59. The Balaban J connectivity index is 1.61. The van der Waals surface area contributed by atoms with Gasteiger partial charge in [0, 0.05) is 12.8 Å². The lowest BCUT2D eigenvalue weighted by molar-refractivity contribution is -0.134. The fourth-order valence-electron chi connectivity index (χ4n) is 2.40. The minimum atomic E-state index is -0.239. The molecule has 0 bridgehead atoms. The molecular formula is C21H24O4.